The third-order valence-corrected chi connectivity index (χ3v) is 4.51. The van der Waals surface area contributed by atoms with Crippen LogP contribution in [0.1, 0.15) is 22.3 Å². The maximum absolute atomic E-state index is 10.4. The molecule has 3 N–H and O–H groups in total. The number of aryl methyl sites for hydroxylation is 2. The Bertz CT molecular complexity index is 892. The number of allylic oxidation sites excluding steroid dienone is 2. The van der Waals surface area contributed by atoms with Gasteiger partial charge in [-0.2, -0.15) is 0 Å². The quantitative estimate of drug-likeness (QED) is 0.787. The van der Waals surface area contributed by atoms with E-state index in [2.05, 4.69) is 0 Å². The van der Waals surface area contributed by atoms with Crippen LogP contribution in [0.5, 0.6) is 5.75 Å². The third-order valence-electron chi connectivity index (χ3n) is 4.51. The van der Waals surface area contributed by atoms with Crippen molar-refractivity contribution in [3.8, 4) is 5.75 Å². The van der Waals surface area contributed by atoms with E-state index in [1.807, 2.05) is 57.1 Å². The van der Waals surface area contributed by atoms with Crippen LogP contribution in [-0.2, 0) is 0 Å². The molecule has 0 saturated carbocycles. The summed E-state index contributed by atoms with van der Waals surface area (Å²) in [6.45, 7) is 4.00. The Morgan fingerprint density at radius 2 is 1.42 bits per heavy atom. The summed E-state index contributed by atoms with van der Waals surface area (Å²) in [5, 5.41) is 31.1. The number of anilines is 1. The highest BCUT2D eigenvalue weighted by atomic mass is 16.3. The SMILES string of the molecule is Cc1ccc(C2=C(O)C(c3ccc(N(C)C)cc3O)=C2O)cc1C. The first-order chi connectivity index (χ1) is 11.3. The van der Waals surface area contributed by atoms with Gasteiger partial charge in [0.25, 0.3) is 0 Å². The van der Waals surface area contributed by atoms with Crippen molar-refractivity contribution in [2.45, 2.75) is 13.8 Å². The van der Waals surface area contributed by atoms with Gasteiger partial charge in [-0.15, -0.1) is 0 Å². The Labute approximate surface area is 141 Å². The summed E-state index contributed by atoms with van der Waals surface area (Å²) in [6.07, 6.45) is 0. The Morgan fingerprint density at radius 1 is 0.750 bits per heavy atom. The van der Waals surface area contributed by atoms with Crippen LogP contribution in [0.3, 0.4) is 0 Å². The second-order valence-electron chi connectivity index (χ2n) is 6.34. The largest absolute Gasteiger partial charge is 0.507 e. The Morgan fingerprint density at radius 3 is 1.96 bits per heavy atom. The number of aliphatic hydroxyl groups excluding tert-OH is 2. The summed E-state index contributed by atoms with van der Waals surface area (Å²) >= 11 is 0. The first-order valence-corrected chi connectivity index (χ1v) is 7.76. The van der Waals surface area contributed by atoms with Crippen LogP contribution in [0.4, 0.5) is 5.69 Å². The van der Waals surface area contributed by atoms with Gasteiger partial charge in [0, 0.05) is 31.4 Å². The number of nitrogens with zero attached hydrogens (tertiary/aromatic N) is 1. The van der Waals surface area contributed by atoms with Crippen LogP contribution >= 0.6 is 0 Å². The predicted octanol–water partition coefficient (Wildman–Crippen LogP) is 4.33. The van der Waals surface area contributed by atoms with Crippen LogP contribution in [0.2, 0.25) is 0 Å². The molecule has 2 aromatic rings. The molecular formula is C20H21NO3. The van der Waals surface area contributed by atoms with Crippen molar-refractivity contribution >= 4 is 16.8 Å². The average molecular weight is 323 g/mol. The van der Waals surface area contributed by atoms with Crippen molar-refractivity contribution in [3.63, 3.8) is 0 Å². The van der Waals surface area contributed by atoms with Gasteiger partial charge in [-0.25, -0.2) is 0 Å². The van der Waals surface area contributed by atoms with E-state index >= 15 is 0 Å². The van der Waals surface area contributed by atoms with Gasteiger partial charge in [0.2, 0.25) is 0 Å². The lowest BCUT2D eigenvalue weighted by Gasteiger charge is -2.25. The number of benzene rings is 2. The maximum Gasteiger partial charge on any atom is 0.138 e. The molecule has 0 fully saturated rings. The summed E-state index contributed by atoms with van der Waals surface area (Å²) in [4.78, 5) is 1.87. The highest BCUT2D eigenvalue weighted by molar-refractivity contribution is 6.07. The highest BCUT2D eigenvalue weighted by Gasteiger charge is 2.33. The lowest BCUT2D eigenvalue weighted by molar-refractivity contribution is 0.388. The molecule has 0 unspecified atom stereocenters. The van der Waals surface area contributed by atoms with E-state index in [9.17, 15) is 15.3 Å². The molecule has 0 spiro atoms. The molecule has 3 rings (SSSR count). The molecule has 0 amide bonds. The summed E-state index contributed by atoms with van der Waals surface area (Å²) in [7, 11) is 3.76. The number of phenolic OH excluding ortho intramolecular Hbond substituents is 1. The summed E-state index contributed by atoms with van der Waals surface area (Å²) < 4.78 is 0. The highest BCUT2D eigenvalue weighted by Crippen LogP contribution is 2.47. The first kappa shape index (κ1) is 16.0. The van der Waals surface area contributed by atoms with E-state index in [4.69, 9.17) is 0 Å². The van der Waals surface area contributed by atoms with Crippen LogP contribution in [0.15, 0.2) is 47.9 Å². The smallest absolute Gasteiger partial charge is 0.138 e. The van der Waals surface area contributed by atoms with Gasteiger partial charge in [0.1, 0.15) is 17.3 Å². The minimum Gasteiger partial charge on any atom is -0.507 e. The van der Waals surface area contributed by atoms with Crippen molar-refractivity contribution in [2.75, 3.05) is 19.0 Å². The predicted molar refractivity (Wildman–Crippen MR) is 97.4 cm³/mol. The Kier molecular flexibility index (Phi) is 3.76. The second kappa shape index (κ2) is 5.64. The molecule has 0 aliphatic heterocycles. The fourth-order valence-electron chi connectivity index (χ4n) is 2.85. The van der Waals surface area contributed by atoms with Crippen molar-refractivity contribution in [1.82, 2.24) is 0 Å². The van der Waals surface area contributed by atoms with Gasteiger partial charge in [-0.3, -0.25) is 0 Å². The number of hydrogen-bond acceptors (Lipinski definition) is 4. The molecule has 1 aliphatic rings. The van der Waals surface area contributed by atoms with Gasteiger partial charge in [-0.1, -0.05) is 18.2 Å². The molecule has 24 heavy (non-hydrogen) atoms. The molecule has 4 heteroatoms. The van der Waals surface area contributed by atoms with E-state index in [0.29, 0.717) is 11.1 Å². The normalized spacial score (nSPS) is 14.0. The molecule has 4 nitrogen and oxygen atoms in total. The molecule has 0 aromatic heterocycles. The molecule has 2 aromatic carbocycles. The molecule has 0 heterocycles. The third kappa shape index (κ3) is 2.40. The maximum atomic E-state index is 10.4. The fourth-order valence-corrected chi connectivity index (χ4v) is 2.85. The van der Waals surface area contributed by atoms with E-state index in [1.165, 1.54) is 0 Å². The van der Waals surface area contributed by atoms with E-state index in [-0.39, 0.29) is 22.8 Å². The lowest BCUT2D eigenvalue weighted by atomic mass is 9.83. The first-order valence-electron chi connectivity index (χ1n) is 7.76. The van der Waals surface area contributed by atoms with Crippen molar-refractivity contribution < 1.29 is 15.3 Å². The second-order valence-corrected chi connectivity index (χ2v) is 6.34. The molecule has 0 saturated heterocycles. The number of phenols is 1. The van der Waals surface area contributed by atoms with Crippen molar-refractivity contribution in [1.29, 1.82) is 0 Å². The Hall–Kier alpha value is -2.88. The average Bonchev–Trinajstić information content (AvgIpc) is 2.53. The van der Waals surface area contributed by atoms with E-state index in [1.54, 1.807) is 12.1 Å². The standard InChI is InChI=1S/C20H21NO3/c1-11-5-6-13(9-12(11)2)17-19(23)18(20(17)24)15-8-7-14(21(3)4)10-16(15)22/h5-10,22-24H,1-4H3. The van der Waals surface area contributed by atoms with Crippen LogP contribution in [0, 0.1) is 13.8 Å². The summed E-state index contributed by atoms with van der Waals surface area (Å²) in [6, 6.07) is 10.9. The summed E-state index contributed by atoms with van der Waals surface area (Å²) in [5.74, 6) is 0.0285. The van der Waals surface area contributed by atoms with Crippen molar-refractivity contribution in [2.24, 2.45) is 0 Å². The zero-order chi connectivity index (χ0) is 17.6. The Balaban J connectivity index is 2.00. The van der Waals surface area contributed by atoms with Crippen molar-refractivity contribution in [3.05, 3.63) is 70.2 Å². The zero-order valence-electron chi connectivity index (χ0n) is 14.3. The molecular weight excluding hydrogens is 302 g/mol. The van der Waals surface area contributed by atoms with Gasteiger partial charge >= 0.3 is 0 Å². The van der Waals surface area contributed by atoms with E-state index < -0.39 is 0 Å². The molecule has 1 aliphatic carbocycles. The molecule has 0 atom stereocenters. The van der Waals surface area contributed by atoms with Crippen LogP contribution in [0.25, 0.3) is 11.1 Å². The zero-order valence-corrected chi connectivity index (χ0v) is 14.3. The number of rotatable bonds is 3. The molecule has 124 valence electrons. The minimum atomic E-state index is 0.00339. The monoisotopic (exact) mass is 323 g/mol. The van der Waals surface area contributed by atoms with Crippen LogP contribution < -0.4 is 4.90 Å². The van der Waals surface area contributed by atoms with E-state index in [0.717, 1.165) is 22.4 Å². The minimum absolute atomic E-state index is 0.00339. The van der Waals surface area contributed by atoms with Crippen LogP contribution in [-0.4, -0.2) is 29.4 Å². The van der Waals surface area contributed by atoms with Gasteiger partial charge in [0.05, 0.1) is 11.1 Å². The fraction of sp³-hybridized carbons (Fsp3) is 0.200. The van der Waals surface area contributed by atoms with Gasteiger partial charge in [-0.05, 0) is 42.7 Å². The topological polar surface area (TPSA) is 63.9 Å². The lowest BCUT2D eigenvalue weighted by Crippen LogP contribution is -2.12. The number of aliphatic hydroxyl groups is 2. The van der Waals surface area contributed by atoms with Gasteiger partial charge in [0.15, 0.2) is 0 Å². The summed E-state index contributed by atoms with van der Waals surface area (Å²) in [5.41, 5.74) is 4.97. The molecule has 0 radical (unpaired) electrons. The van der Waals surface area contributed by atoms with Gasteiger partial charge < -0.3 is 20.2 Å². The molecule has 0 bridgehead atoms. The number of hydrogen-bond donors (Lipinski definition) is 3. The number of aromatic hydroxyl groups is 1.